The summed E-state index contributed by atoms with van der Waals surface area (Å²) in [6.07, 6.45) is 6.58. The van der Waals surface area contributed by atoms with Gasteiger partial charge in [-0.3, -0.25) is 19.3 Å². The minimum absolute atomic E-state index is 0.175. The summed E-state index contributed by atoms with van der Waals surface area (Å²) < 4.78 is 12.8. The number of hydrogen-bond acceptors (Lipinski definition) is 4. The van der Waals surface area contributed by atoms with Crippen molar-refractivity contribution in [3.63, 3.8) is 0 Å². The SMILES string of the molecule is N=C1c2ccccc2C(=O)N1CCS(=O)c1cccc(NCC2CCCCC2)c1. The van der Waals surface area contributed by atoms with Crippen LogP contribution in [0.2, 0.25) is 0 Å². The molecule has 0 aromatic heterocycles. The first-order chi connectivity index (χ1) is 14.1. The van der Waals surface area contributed by atoms with E-state index in [0.717, 1.165) is 23.0 Å². The molecule has 1 fully saturated rings. The highest BCUT2D eigenvalue weighted by molar-refractivity contribution is 7.85. The van der Waals surface area contributed by atoms with Crippen LogP contribution in [-0.4, -0.2) is 39.7 Å². The molecule has 4 rings (SSSR count). The molecule has 0 spiro atoms. The third kappa shape index (κ3) is 4.42. The molecule has 1 amide bonds. The molecule has 2 aliphatic rings. The Morgan fingerprint density at radius 1 is 1.03 bits per heavy atom. The lowest BCUT2D eigenvalue weighted by Gasteiger charge is -2.22. The quantitative estimate of drug-likeness (QED) is 0.717. The smallest absolute Gasteiger partial charge is 0.260 e. The van der Waals surface area contributed by atoms with Gasteiger partial charge in [0.05, 0.1) is 16.4 Å². The number of carbonyl (C=O) groups is 1. The van der Waals surface area contributed by atoms with Crippen LogP contribution in [0.5, 0.6) is 0 Å². The molecule has 0 bridgehead atoms. The van der Waals surface area contributed by atoms with E-state index in [4.69, 9.17) is 5.41 Å². The summed E-state index contributed by atoms with van der Waals surface area (Å²) >= 11 is 0. The fraction of sp³-hybridized carbons (Fsp3) is 0.391. The Bertz CT molecular complexity index is 902. The second-order valence-electron chi connectivity index (χ2n) is 7.81. The molecule has 29 heavy (non-hydrogen) atoms. The molecule has 2 N–H and O–H groups in total. The fourth-order valence-electron chi connectivity index (χ4n) is 4.17. The Kier molecular flexibility index (Phi) is 6.09. The highest BCUT2D eigenvalue weighted by Gasteiger charge is 2.32. The summed E-state index contributed by atoms with van der Waals surface area (Å²) in [4.78, 5) is 14.7. The molecule has 1 heterocycles. The Balaban J connectivity index is 1.34. The Morgan fingerprint density at radius 3 is 2.55 bits per heavy atom. The maximum absolute atomic E-state index is 12.8. The lowest BCUT2D eigenvalue weighted by molar-refractivity contribution is 0.0865. The average molecular weight is 410 g/mol. The van der Waals surface area contributed by atoms with Crippen molar-refractivity contribution in [1.29, 1.82) is 5.41 Å². The summed E-state index contributed by atoms with van der Waals surface area (Å²) in [5, 5.41) is 11.7. The monoisotopic (exact) mass is 409 g/mol. The number of nitrogens with one attached hydrogen (secondary N) is 2. The standard InChI is InChI=1S/C23H27N3O2S/c24-22-20-11-4-5-12-21(20)23(27)26(22)13-14-29(28)19-10-6-9-18(15-19)25-16-17-7-2-1-3-8-17/h4-6,9-12,15,17,24-25H,1-3,7-8,13-14,16H2. The summed E-state index contributed by atoms with van der Waals surface area (Å²) in [7, 11) is -1.22. The van der Waals surface area contributed by atoms with E-state index in [0.29, 0.717) is 16.9 Å². The molecule has 1 aliphatic carbocycles. The summed E-state index contributed by atoms with van der Waals surface area (Å²) in [5.41, 5.74) is 2.20. The van der Waals surface area contributed by atoms with E-state index < -0.39 is 10.8 Å². The van der Waals surface area contributed by atoms with Crippen LogP contribution in [0.3, 0.4) is 0 Å². The second-order valence-corrected chi connectivity index (χ2v) is 9.38. The highest BCUT2D eigenvalue weighted by Crippen LogP contribution is 2.25. The first-order valence-electron chi connectivity index (χ1n) is 10.4. The van der Waals surface area contributed by atoms with Crippen LogP contribution in [0.15, 0.2) is 53.4 Å². The highest BCUT2D eigenvalue weighted by atomic mass is 32.2. The van der Waals surface area contributed by atoms with Gasteiger partial charge in [-0.05, 0) is 43.0 Å². The molecule has 2 aromatic rings. The maximum atomic E-state index is 12.8. The number of carbonyl (C=O) groups excluding carboxylic acids is 1. The Labute approximate surface area is 174 Å². The van der Waals surface area contributed by atoms with Crippen LogP contribution in [0, 0.1) is 11.3 Å². The lowest BCUT2D eigenvalue weighted by Crippen LogP contribution is -2.33. The zero-order chi connectivity index (χ0) is 20.2. The minimum Gasteiger partial charge on any atom is -0.385 e. The molecular weight excluding hydrogens is 382 g/mol. The van der Waals surface area contributed by atoms with Gasteiger partial charge in [0, 0.05) is 35.0 Å². The van der Waals surface area contributed by atoms with Crippen molar-refractivity contribution in [2.45, 2.75) is 37.0 Å². The van der Waals surface area contributed by atoms with Crippen molar-refractivity contribution in [3.8, 4) is 0 Å². The van der Waals surface area contributed by atoms with E-state index in [1.54, 1.807) is 18.2 Å². The molecule has 1 saturated carbocycles. The van der Waals surface area contributed by atoms with Gasteiger partial charge >= 0.3 is 0 Å². The van der Waals surface area contributed by atoms with E-state index in [9.17, 15) is 9.00 Å². The van der Waals surface area contributed by atoms with Crippen LogP contribution < -0.4 is 5.32 Å². The molecule has 0 saturated heterocycles. The Hall–Kier alpha value is -2.47. The summed E-state index contributed by atoms with van der Waals surface area (Å²) in [6, 6.07) is 14.9. The summed E-state index contributed by atoms with van der Waals surface area (Å²) in [6.45, 7) is 1.24. The number of anilines is 1. The minimum atomic E-state index is -1.22. The molecule has 1 aliphatic heterocycles. The average Bonchev–Trinajstić information content (AvgIpc) is 3.01. The van der Waals surface area contributed by atoms with Gasteiger partial charge in [0.1, 0.15) is 5.84 Å². The van der Waals surface area contributed by atoms with E-state index in [1.807, 2.05) is 30.3 Å². The predicted molar refractivity (Wildman–Crippen MR) is 117 cm³/mol. The van der Waals surface area contributed by atoms with E-state index >= 15 is 0 Å². The molecule has 1 atom stereocenters. The van der Waals surface area contributed by atoms with Crippen LogP contribution in [0.4, 0.5) is 5.69 Å². The summed E-state index contributed by atoms with van der Waals surface area (Å²) in [5.74, 6) is 1.07. The van der Waals surface area contributed by atoms with Gasteiger partial charge in [0.15, 0.2) is 0 Å². The fourth-order valence-corrected chi connectivity index (χ4v) is 5.25. The number of fused-ring (bicyclic) bond motifs is 1. The van der Waals surface area contributed by atoms with Crippen molar-refractivity contribution in [1.82, 2.24) is 4.90 Å². The first kappa shape index (κ1) is 19.8. The Morgan fingerprint density at radius 2 is 1.79 bits per heavy atom. The second kappa shape index (κ2) is 8.91. The zero-order valence-electron chi connectivity index (χ0n) is 16.5. The molecule has 6 heteroatoms. The van der Waals surface area contributed by atoms with Gasteiger partial charge in [-0.25, -0.2) is 0 Å². The largest absolute Gasteiger partial charge is 0.385 e. The topological polar surface area (TPSA) is 73.3 Å². The van der Waals surface area contributed by atoms with E-state index in [1.165, 1.54) is 37.0 Å². The zero-order valence-corrected chi connectivity index (χ0v) is 17.3. The van der Waals surface area contributed by atoms with Crippen molar-refractivity contribution in [2.24, 2.45) is 5.92 Å². The number of nitrogens with zero attached hydrogens (tertiary/aromatic N) is 1. The molecule has 152 valence electrons. The maximum Gasteiger partial charge on any atom is 0.260 e. The number of benzene rings is 2. The first-order valence-corrected chi connectivity index (χ1v) is 11.7. The van der Waals surface area contributed by atoms with Crippen molar-refractivity contribution in [3.05, 3.63) is 59.7 Å². The van der Waals surface area contributed by atoms with Gasteiger partial charge < -0.3 is 5.32 Å². The number of amides is 1. The van der Waals surface area contributed by atoms with E-state index in [-0.39, 0.29) is 18.3 Å². The van der Waals surface area contributed by atoms with Crippen molar-refractivity contribution in [2.75, 3.05) is 24.2 Å². The van der Waals surface area contributed by atoms with Gasteiger partial charge in [-0.2, -0.15) is 0 Å². The third-order valence-corrected chi connectivity index (χ3v) is 7.18. The number of hydrogen-bond donors (Lipinski definition) is 2. The normalized spacial score (nSPS) is 18.0. The van der Waals surface area contributed by atoms with Gasteiger partial charge in [-0.15, -0.1) is 0 Å². The van der Waals surface area contributed by atoms with Crippen molar-refractivity contribution < 1.29 is 9.00 Å². The molecule has 2 aromatic carbocycles. The number of rotatable bonds is 7. The van der Waals surface area contributed by atoms with Gasteiger partial charge in [0.2, 0.25) is 0 Å². The molecule has 0 radical (unpaired) electrons. The number of amidine groups is 1. The molecule has 5 nitrogen and oxygen atoms in total. The van der Waals surface area contributed by atoms with Crippen molar-refractivity contribution >= 4 is 28.2 Å². The van der Waals surface area contributed by atoms with Crippen LogP contribution in [-0.2, 0) is 10.8 Å². The van der Waals surface area contributed by atoms with Gasteiger partial charge in [-0.1, -0.05) is 43.5 Å². The third-order valence-electron chi connectivity index (χ3n) is 5.84. The molecular formula is C23H27N3O2S. The van der Waals surface area contributed by atoms with E-state index in [2.05, 4.69) is 5.32 Å². The van der Waals surface area contributed by atoms with Crippen LogP contribution >= 0.6 is 0 Å². The predicted octanol–water partition coefficient (Wildman–Crippen LogP) is 4.27. The lowest BCUT2D eigenvalue weighted by atomic mass is 9.89. The van der Waals surface area contributed by atoms with Crippen LogP contribution in [0.1, 0.15) is 48.0 Å². The van der Waals surface area contributed by atoms with Crippen LogP contribution in [0.25, 0.3) is 0 Å². The molecule has 1 unspecified atom stereocenters. The van der Waals surface area contributed by atoms with Gasteiger partial charge in [0.25, 0.3) is 5.91 Å².